The lowest BCUT2D eigenvalue weighted by atomic mass is 10.2. The van der Waals surface area contributed by atoms with Gasteiger partial charge in [-0.1, -0.05) is 6.07 Å². The topological polar surface area (TPSA) is 85.3 Å². The predicted molar refractivity (Wildman–Crippen MR) is 71.8 cm³/mol. The van der Waals surface area contributed by atoms with Crippen molar-refractivity contribution < 1.29 is 9.90 Å². The second-order valence-electron chi connectivity index (χ2n) is 4.73. The zero-order valence-electron chi connectivity index (χ0n) is 11.2. The van der Waals surface area contributed by atoms with E-state index in [4.69, 9.17) is 0 Å². The van der Waals surface area contributed by atoms with Crippen molar-refractivity contribution in [3.63, 3.8) is 0 Å². The summed E-state index contributed by atoms with van der Waals surface area (Å²) in [4.78, 5) is 26.7. The molecule has 0 aliphatic carbocycles. The Morgan fingerprint density at radius 2 is 2.25 bits per heavy atom. The van der Waals surface area contributed by atoms with Gasteiger partial charge in [0.1, 0.15) is 11.5 Å². The molecule has 0 bridgehead atoms. The number of aromatic nitrogens is 3. The van der Waals surface area contributed by atoms with E-state index in [1.54, 1.807) is 31.1 Å². The summed E-state index contributed by atoms with van der Waals surface area (Å²) in [6.07, 6.45) is 0.603. The van der Waals surface area contributed by atoms with Crippen LogP contribution in [0.25, 0.3) is 0 Å². The molecule has 0 radical (unpaired) electrons. The lowest BCUT2D eigenvalue weighted by molar-refractivity contribution is -0.000873. The number of imidazole rings is 1. The number of aliphatic hydroxyl groups excluding tert-OH is 1. The van der Waals surface area contributed by atoms with Gasteiger partial charge >= 0.3 is 0 Å². The van der Waals surface area contributed by atoms with Crippen LogP contribution >= 0.6 is 0 Å². The van der Waals surface area contributed by atoms with Crippen LogP contribution in [0.3, 0.4) is 0 Å². The number of fused-ring (bicyclic) bond motifs is 1. The van der Waals surface area contributed by atoms with Crippen LogP contribution in [0.15, 0.2) is 24.4 Å². The molecule has 0 saturated heterocycles. The minimum atomic E-state index is -1.06. The Bertz CT molecular complexity index is 639. The first-order valence-corrected chi connectivity index (χ1v) is 6.26. The Labute approximate surface area is 115 Å². The minimum absolute atomic E-state index is 0.239. The number of rotatable bonds is 2. The van der Waals surface area contributed by atoms with Crippen molar-refractivity contribution in [3.8, 4) is 0 Å². The number of H-pyrrole nitrogens is 1. The molecule has 2 aromatic rings. The highest BCUT2D eigenvalue weighted by Gasteiger charge is 2.37. The van der Waals surface area contributed by atoms with Crippen molar-refractivity contribution in [1.29, 1.82) is 0 Å². The van der Waals surface area contributed by atoms with Gasteiger partial charge in [-0.05, 0) is 19.1 Å². The minimum Gasteiger partial charge on any atom is -0.356 e. The molecule has 1 unspecified atom stereocenters. The highest BCUT2D eigenvalue weighted by atomic mass is 16.3. The van der Waals surface area contributed by atoms with E-state index in [-0.39, 0.29) is 12.5 Å². The van der Waals surface area contributed by atoms with Gasteiger partial charge in [-0.2, -0.15) is 0 Å². The quantitative estimate of drug-likeness (QED) is 0.831. The molecule has 0 spiro atoms. The molecule has 3 heterocycles. The number of aryl methyl sites for hydroxylation is 1. The van der Waals surface area contributed by atoms with Gasteiger partial charge in [0.05, 0.1) is 12.2 Å². The summed E-state index contributed by atoms with van der Waals surface area (Å²) in [5.41, 5.74) is 1.11. The van der Waals surface area contributed by atoms with E-state index in [9.17, 15) is 9.90 Å². The van der Waals surface area contributed by atoms with Crippen LogP contribution in [0.1, 0.15) is 22.0 Å². The molecule has 3 rings (SSSR count). The van der Waals surface area contributed by atoms with Crippen molar-refractivity contribution in [1.82, 2.24) is 19.9 Å². The van der Waals surface area contributed by atoms with E-state index >= 15 is 0 Å². The number of aromatic amines is 1. The summed E-state index contributed by atoms with van der Waals surface area (Å²) in [6, 6.07) is 5.47. The third-order valence-electron chi connectivity index (χ3n) is 3.30. The van der Waals surface area contributed by atoms with Crippen molar-refractivity contribution in [2.75, 3.05) is 11.9 Å². The molecule has 7 heteroatoms. The molecule has 20 heavy (non-hydrogen) atoms. The molecule has 0 saturated carbocycles. The number of nitrogens with one attached hydrogen (secondary N) is 1. The fourth-order valence-corrected chi connectivity index (χ4v) is 2.27. The molecule has 2 N–H and O–H groups in total. The van der Waals surface area contributed by atoms with Gasteiger partial charge in [0.15, 0.2) is 5.82 Å². The SMILES string of the molecule is Cc1nc2c([nH]1)C(=O)N(Cc1ccccn1)C(O)N2C. The number of carbonyl (C=O) groups excluding carboxylic acids is 1. The van der Waals surface area contributed by atoms with Crippen LogP contribution in [0.4, 0.5) is 5.82 Å². The summed E-state index contributed by atoms with van der Waals surface area (Å²) in [6.45, 7) is 2.01. The molecular formula is C13H15N5O2. The standard InChI is InChI=1S/C13H15N5O2/c1-8-15-10-11(16-8)17(2)13(20)18(12(10)19)7-9-5-3-4-6-14-9/h3-6,13,20H,7H2,1-2H3,(H,15,16). The van der Waals surface area contributed by atoms with E-state index in [2.05, 4.69) is 15.0 Å². The number of hydrogen-bond donors (Lipinski definition) is 2. The van der Waals surface area contributed by atoms with Gasteiger partial charge in [0, 0.05) is 13.2 Å². The first kappa shape index (κ1) is 12.6. The number of carbonyl (C=O) groups is 1. The third kappa shape index (κ3) is 1.92. The lowest BCUT2D eigenvalue weighted by Crippen LogP contribution is -2.53. The van der Waals surface area contributed by atoms with E-state index in [1.165, 1.54) is 4.90 Å². The number of amides is 1. The smallest absolute Gasteiger partial charge is 0.277 e. The van der Waals surface area contributed by atoms with Gasteiger partial charge in [0.25, 0.3) is 5.91 Å². The van der Waals surface area contributed by atoms with Crippen molar-refractivity contribution >= 4 is 11.7 Å². The molecular weight excluding hydrogens is 258 g/mol. The maximum Gasteiger partial charge on any atom is 0.277 e. The second-order valence-corrected chi connectivity index (χ2v) is 4.73. The van der Waals surface area contributed by atoms with Crippen molar-refractivity contribution in [3.05, 3.63) is 41.6 Å². The number of hydrogen-bond acceptors (Lipinski definition) is 5. The van der Waals surface area contributed by atoms with E-state index in [0.29, 0.717) is 23.0 Å². The Morgan fingerprint density at radius 3 is 2.95 bits per heavy atom. The summed E-state index contributed by atoms with van der Waals surface area (Å²) >= 11 is 0. The lowest BCUT2D eigenvalue weighted by Gasteiger charge is -2.37. The van der Waals surface area contributed by atoms with Crippen LogP contribution in [0.5, 0.6) is 0 Å². The maximum absolute atomic E-state index is 12.4. The third-order valence-corrected chi connectivity index (χ3v) is 3.30. The Kier molecular flexibility index (Phi) is 2.90. The molecule has 0 fully saturated rings. The maximum atomic E-state index is 12.4. The highest BCUT2D eigenvalue weighted by molar-refractivity contribution is 5.99. The summed E-state index contributed by atoms with van der Waals surface area (Å²) in [5, 5.41) is 10.3. The number of anilines is 1. The van der Waals surface area contributed by atoms with Crippen LogP contribution in [-0.2, 0) is 6.54 Å². The first-order chi connectivity index (χ1) is 9.58. The number of aliphatic hydroxyl groups is 1. The number of nitrogens with zero attached hydrogens (tertiary/aromatic N) is 4. The molecule has 1 amide bonds. The van der Waals surface area contributed by atoms with Gasteiger partial charge in [-0.15, -0.1) is 0 Å². The van der Waals surface area contributed by atoms with Gasteiger partial charge in [-0.3, -0.25) is 14.7 Å². The van der Waals surface area contributed by atoms with E-state index in [0.717, 1.165) is 0 Å². The average Bonchev–Trinajstić information content (AvgIpc) is 2.85. The molecule has 104 valence electrons. The van der Waals surface area contributed by atoms with Gasteiger partial charge < -0.3 is 15.0 Å². The van der Waals surface area contributed by atoms with Crippen LogP contribution in [0.2, 0.25) is 0 Å². The number of pyridine rings is 1. The van der Waals surface area contributed by atoms with E-state index < -0.39 is 6.35 Å². The van der Waals surface area contributed by atoms with E-state index in [1.807, 2.05) is 12.1 Å². The van der Waals surface area contributed by atoms with Gasteiger partial charge in [0.2, 0.25) is 6.35 Å². The molecule has 0 aromatic carbocycles. The Hall–Kier alpha value is -2.41. The molecule has 1 aliphatic heterocycles. The van der Waals surface area contributed by atoms with Crippen LogP contribution < -0.4 is 4.90 Å². The fourth-order valence-electron chi connectivity index (χ4n) is 2.27. The largest absolute Gasteiger partial charge is 0.356 e. The first-order valence-electron chi connectivity index (χ1n) is 6.26. The fraction of sp³-hybridized carbons (Fsp3) is 0.308. The predicted octanol–water partition coefficient (Wildman–Crippen LogP) is 0.481. The molecule has 1 aliphatic rings. The van der Waals surface area contributed by atoms with Crippen molar-refractivity contribution in [2.24, 2.45) is 0 Å². The zero-order valence-corrected chi connectivity index (χ0v) is 11.2. The highest BCUT2D eigenvalue weighted by Crippen LogP contribution is 2.27. The van der Waals surface area contributed by atoms with Crippen molar-refractivity contribution in [2.45, 2.75) is 19.8 Å². The van der Waals surface area contributed by atoms with Crippen LogP contribution in [0, 0.1) is 6.92 Å². The summed E-state index contributed by atoms with van der Waals surface area (Å²) < 4.78 is 0. The Balaban J connectivity index is 1.95. The summed E-state index contributed by atoms with van der Waals surface area (Å²) in [5.74, 6) is 0.830. The average molecular weight is 273 g/mol. The Morgan fingerprint density at radius 1 is 1.45 bits per heavy atom. The normalized spacial score (nSPS) is 18.4. The molecule has 2 aromatic heterocycles. The second kappa shape index (κ2) is 4.61. The molecule has 7 nitrogen and oxygen atoms in total. The van der Waals surface area contributed by atoms with Gasteiger partial charge in [-0.25, -0.2) is 4.98 Å². The molecule has 1 atom stereocenters. The zero-order chi connectivity index (χ0) is 14.3. The monoisotopic (exact) mass is 273 g/mol. The van der Waals surface area contributed by atoms with Crippen LogP contribution in [-0.4, -0.2) is 44.3 Å². The summed E-state index contributed by atoms with van der Waals surface area (Å²) in [7, 11) is 1.70.